The molecule has 27 heavy (non-hydrogen) atoms. The Morgan fingerprint density at radius 3 is 2.48 bits per heavy atom. The lowest BCUT2D eigenvalue weighted by molar-refractivity contribution is -0.113. The molecule has 0 atom stereocenters. The molecule has 5 nitrogen and oxygen atoms in total. The monoisotopic (exact) mass is 400 g/mol. The highest BCUT2D eigenvalue weighted by Gasteiger charge is 2.16. The van der Waals surface area contributed by atoms with Crippen molar-refractivity contribution in [2.75, 3.05) is 11.1 Å². The van der Waals surface area contributed by atoms with E-state index < -0.39 is 0 Å². The highest BCUT2D eigenvalue weighted by molar-refractivity contribution is 7.99. The molecule has 0 bridgehead atoms. The summed E-state index contributed by atoms with van der Waals surface area (Å²) in [6.07, 6.45) is 0. The van der Waals surface area contributed by atoms with Gasteiger partial charge in [0.2, 0.25) is 5.91 Å². The van der Waals surface area contributed by atoms with Crippen LogP contribution in [0.2, 0.25) is 5.02 Å². The number of halogens is 1. The number of anilines is 1. The first-order valence-electron chi connectivity index (χ1n) is 8.68. The predicted molar refractivity (Wildman–Crippen MR) is 111 cm³/mol. The molecule has 0 aliphatic heterocycles. The fourth-order valence-electron chi connectivity index (χ4n) is 2.84. The molecule has 0 saturated carbocycles. The Labute approximate surface area is 168 Å². The second-order valence-corrected chi connectivity index (χ2v) is 7.48. The van der Waals surface area contributed by atoms with E-state index in [-0.39, 0.29) is 11.7 Å². The van der Waals surface area contributed by atoms with Crippen molar-refractivity contribution in [3.05, 3.63) is 58.6 Å². The maximum atomic E-state index is 12.4. The molecule has 1 N–H and O–H groups in total. The molecule has 0 spiro atoms. The van der Waals surface area contributed by atoms with Gasteiger partial charge in [0.05, 0.1) is 10.8 Å². The quantitative estimate of drug-likeness (QED) is 0.593. The number of hydrogen-bond donors (Lipinski definition) is 1. The molecule has 0 fully saturated rings. The Kier molecular flexibility index (Phi) is 6.19. The number of rotatable bonds is 6. The third kappa shape index (κ3) is 4.34. The first-order valence-corrected chi connectivity index (χ1v) is 10.0. The third-order valence-corrected chi connectivity index (χ3v) is 5.52. The molecule has 7 heteroatoms. The van der Waals surface area contributed by atoms with Gasteiger partial charge in [-0.25, -0.2) is 0 Å². The Hall–Kier alpha value is -2.31. The van der Waals surface area contributed by atoms with Crippen molar-refractivity contribution in [1.82, 2.24) is 14.8 Å². The van der Waals surface area contributed by atoms with E-state index in [4.69, 9.17) is 11.6 Å². The number of para-hydroxylation sites is 1. The van der Waals surface area contributed by atoms with Crippen molar-refractivity contribution >= 4 is 35.0 Å². The second-order valence-electron chi connectivity index (χ2n) is 6.13. The van der Waals surface area contributed by atoms with Crippen molar-refractivity contribution in [2.45, 2.75) is 32.5 Å². The Bertz CT molecular complexity index is 950. The van der Waals surface area contributed by atoms with E-state index in [9.17, 15) is 4.79 Å². The van der Waals surface area contributed by atoms with Gasteiger partial charge in [0.1, 0.15) is 0 Å². The van der Waals surface area contributed by atoms with Crippen LogP contribution in [0.4, 0.5) is 5.69 Å². The molecule has 3 aromatic rings. The van der Waals surface area contributed by atoms with Crippen LogP contribution in [-0.4, -0.2) is 26.4 Å². The molecule has 1 heterocycles. The zero-order valence-corrected chi connectivity index (χ0v) is 17.1. The molecule has 0 radical (unpaired) electrons. The number of thioether (sulfide) groups is 1. The zero-order chi connectivity index (χ0) is 19.4. The summed E-state index contributed by atoms with van der Waals surface area (Å²) in [5.41, 5.74) is 3.80. The summed E-state index contributed by atoms with van der Waals surface area (Å²) in [5, 5.41) is 12.9. The van der Waals surface area contributed by atoms with Crippen molar-refractivity contribution in [3.63, 3.8) is 0 Å². The number of carbonyl (C=O) groups excluding carboxylic acids is 1. The van der Waals surface area contributed by atoms with Crippen molar-refractivity contribution in [3.8, 4) is 11.4 Å². The summed E-state index contributed by atoms with van der Waals surface area (Å²) >= 11 is 7.66. The fourth-order valence-corrected chi connectivity index (χ4v) is 3.86. The molecule has 2 aromatic carbocycles. The van der Waals surface area contributed by atoms with Crippen LogP contribution in [0.3, 0.4) is 0 Å². The zero-order valence-electron chi connectivity index (χ0n) is 15.5. The number of carbonyl (C=O) groups is 1. The van der Waals surface area contributed by atoms with Gasteiger partial charge in [0.25, 0.3) is 0 Å². The van der Waals surface area contributed by atoms with E-state index in [1.807, 2.05) is 67.8 Å². The van der Waals surface area contributed by atoms with Gasteiger partial charge in [-0.1, -0.05) is 53.7 Å². The highest BCUT2D eigenvalue weighted by Crippen LogP contribution is 2.29. The third-order valence-electron chi connectivity index (χ3n) is 4.23. The van der Waals surface area contributed by atoms with E-state index in [0.29, 0.717) is 22.5 Å². The van der Waals surface area contributed by atoms with Gasteiger partial charge in [-0.15, -0.1) is 10.2 Å². The number of amides is 1. The molecule has 0 saturated heterocycles. The van der Waals surface area contributed by atoms with Gasteiger partial charge in [0.15, 0.2) is 11.0 Å². The van der Waals surface area contributed by atoms with Gasteiger partial charge < -0.3 is 9.88 Å². The number of nitrogens with zero attached hydrogens (tertiary/aromatic N) is 3. The van der Waals surface area contributed by atoms with Crippen LogP contribution in [0.15, 0.2) is 47.6 Å². The first kappa shape index (κ1) is 19.5. The van der Waals surface area contributed by atoms with E-state index >= 15 is 0 Å². The largest absolute Gasteiger partial charge is 0.325 e. The maximum Gasteiger partial charge on any atom is 0.234 e. The number of hydrogen-bond acceptors (Lipinski definition) is 4. The van der Waals surface area contributed by atoms with Gasteiger partial charge in [0, 0.05) is 17.8 Å². The molecule has 3 rings (SSSR count). The molecule has 0 aliphatic carbocycles. The highest BCUT2D eigenvalue weighted by atomic mass is 35.5. The van der Waals surface area contributed by atoms with Gasteiger partial charge >= 0.3 is 0 Å². The van der Waals surface area contributed by atoms with Gasteiger partial charge in [-0.3, -0.25) is 4.79 Å². The summed E-state index contributed by atoms with van der Waals surface area (Å²) in [7, 11) is 0. The minimum atomic E-state index is -0.0673. The normalized spacial score (nSPS) is 10.8. The van der Waals surface area contributed by atoms with Gasteiger partial charge in [-0.05, 0) is 44.0 Å². The molecule has 140 valence electrons. The molecular weight excluding hydrogens is 380 g/mol. The van der Waals surface area contributed by atoms with Crippen LogP contribution >= 0.6 is 23.4 Å². The number of aromatic nitrogens is 3. The summed E-state index contributed by atoms with van der Waals surface area (Å²) in [5.74, 6) is 0.900. The smallest absolute Gasteiger partial charge is 0.234 e. The van der Waals surface area contributed by atoms with Crippen molar-refractivity contribution in [1.29, 1.82) is 0 Å². The minimum absolute atomic E-state index is 0.0673. The van der Waals surface area contributed by atoms with E-state index in [0.717, 1.165) is 22.4 Å². The Morgan fingerprint density at radius 1 is 1.11 bits per heavy atom. The first-order chi connectivity index (χ1) is 13.0. The summed E-state index contributed by atoms with van der Waals surface area (Å²) in [4.78, 5) is 12.4. The van der Waals surface area contributed by atoms with E-state index in [1.54, 1.807) is 0 Å². The fraction of sp³-hybridized carbons (Fsp3) is 0.250. The predicted octanol–water partition coefficient (Wildman–Crippen LogP) is 4.97. The minimum Gasteiger partial charge on any atom is -0.325 e. The summed E-state index contributed by atoms with van der Waals surface area (Å²) in [6.45, 7) is 6.68. The van der Waals surface area contributed by atoms with Crippen LogP contribution in [0.5, 0.6) is 0 Å². The lowest BCUT2D eigenvalue weighted by Crippen LogP contribution is -2.16. The molecule has 0 unspecified atom stereocenters. The van der Waals surface area contributed by atoms with Crippen molar-refractivity contribution < 1.29 is 4.79 Å². The van der Waals surface area contributed by atoms with Crippen molar-refractivity contribution in [2.24, 2.45) is 0 Å². The van der Waals surface area contributed by atoms with Crippen LogP contribution < -0.4 is 5.32 Å². The molecule has 0 aliphatic rings. The van der Waals surface area contributed by atoms with Crippen LogP contribution in [-0.2, 0) is 11.3 Å². The lowest BCUT2D eigenvalue weighted by atomic mass is 10.1. The Balaban J connectivity index is 1.73. The van der Waals surface area contributed by atoms with Gasteiger partial charge in [-0.2, -0.15) is 0 Å². The Morgan fingerprint density at radius 2 is 1.81 bits per heavy atom. The second kappa shape index (κ2) is 8.59. The average Bonchev–Trinajstić information content (AvgIpc) is 3.06. The number of nitrogens with one attached hydrogen (secondary N) is 1. The van der Waals surface area contributed by atoms with Crippen LogP contribution in [0, 0.1) is 13.8 Å². The topological polar surface area (TPSA) is 59.8 Å². The van der Waals surface area contributed by atoms with Crippen LogP contribution in [0.1, 0.15) is 18.1 Å². The lowest BCUT2D eigenvalue weighted by Gasteiger charge is -2.11. The SMILES string of the molecule is CCn1c(SCC(=O)Nc2c(C)cccc2C)nnc1-c1ccccc1Cl. The standard InChI is InChI=1S/C20H21ClN4OS/c1-4-25-19(15-10-5-6-11-16(15)21)23-24-20(25)27-12-17(26)22-18-13(2)8-7-9-14(18)3/h5-11H,4,12H2,1-3H3,(H,22,26). The van der Waals surface area contributed by atoms with E-state index in [1.165, 1.54) is 11.8 Å². The molecule has 1 aromatic heterocycles. The number of aryl methyl sites for hydroxylation is 2. The van der Waals surface area contributed by atoms with Crippen LogP contribution in [0.25, 0.3) is 11.4 Å². The number of benzene rings is 2. The average molecular weight is 401 g/mol. The summed E-state index contributed by atoms with van der Waals surface area (Å²) in [6, 6.07) is 13.5. The molecular formula is C20H21ClN4OS. The maximum absolute atomic E-state index is 12.4. The summed E-state index contributed by atoms with van der Waals surface area (Å²) < 4.78 is 1.97. The van der Waals surface area contributed by atoms with E-state index in [2.05, 4.69) is 15.5 Å². The molecule has 1 amide bonds.